The second kappa shape index (κ2) is 4.45. The van der Waals surface area contributed by atoms with Gasteiger partial charge in [-0.2, -0.15) is 5.10 Å². The van der Waals surface area contributed by atoms with Crippen molar-refractivity contribution < 1.29 is 0 Å². The monoisotopic (exact) mass is 327 g/mol. The zero-order valence-corrected chi connectivity index (χ0v) is 11.5. The molecule has 0 saturated heterocycles. The van der Waals surface area contributed by atoms with E-state index in [-0.39, 0.29) is 0 Å². The zero-order valence-electron chi connectivity index (χ0n) is 9.37. The second-order valence-corrected chi connectivity index (χ2v) is 4.83. The normalized spacial score (nSPS) is 10.7. The first-order chi connectivity index (χ1) is 7.65. The summed E-state index contributed by atoms with van der Waals surface area (Å²) in [5.74, 6) is 0.761. The van der Waals surface area contributed by atoms with E-state index in [9.17, 15) is 0 Å². The fourth-order valence-electron chi connectivity index (χ4n) is 1.80. The molecule has 0 radical (unpaired) electrons. The van der Waals surface area contributed by atoms with Crippen LogP contribution in [0.5, 0.6) is 0 Å². The number of nitrogens with two attached hydrogens (primary N) is 1. The van der Waals surface area contributed by atoms with Crippen LogP contribution in [0.15, 0.2) is 24.3 Å². The number of nitrogens with zero attached hydrogens (tertiary/aromatic N) is 2. The lowest BCUT2D eigenvalue weighted by atomic mass is 10.1. The Bertz CT molecular complexity index is 517. The molecular weight excluding hydrogens is 313 g/mol. The van der Waals surface area contributed by atoms with Crippen molar-refractivity contribution in [1.82, 2.24) is 9.78 Å². The van der Waals surface area contributed by atoms with Crippen LogP contribution in [0.4, 0.5) is 5.82 Å². The van der Waals surface area contributed by atoms with Crippen LogP contribution in [0, 0.1) is 3.57 Å². The number of anilines is 1. The molecule has 3 nitrogen and oxygen atoms in total. The molecule has 2 aromatic rings. The van der Waals surface area contributed by atoms with Crippen LogP contribution in [0.1, 0.15) is 12.5 Å². The van der Waals surface area contributed by atoms with E-state index in [1.807, 2.05) is 19.2 Å². The highest BCUT2D eigenvalue weighted by molar-refractivity contribution is 14.1. The summed E-state index contributed by atoms with van der Waals surface area (Å²) in [7, 11) is 1.88. The quantitative estimate of drug-likeness (QED) is 0.862. The summed E-state index contributed by atoms with van der Waals surface area (Å²) in [4.78, 5) is 0. The highest BCUT2D eigenvalue weighted by Crippen LogP contribution is 2.30. The molecule has 84 valence electrons. The van der Waals surface area contributed by atoms with Crippen LogP contribution in [0.2, 0.25) is 0 Å². The minimum Gasteiger partial charge on any atom is -0.384 e. The lowest BCUT2D eigenvalue weighted by Crippen LogP contribution is -1.98. The van der Waals surface area contributed by atoms with Gasteiger partial charge in [0.1, 0.15) is 5.82 Å². The van der Waals surface area contributed by atoms with Gasteiger partial charge in [-0.05, 0) is 35.1 Å². The molecule has 0 spiro atoms. The van der Waals surface area contributed by atoms with Gasteiger partial charge < -0.3 is 5.73 Å². The zero-order chi connectivity index (χ0) is 11.7. The standard InChI is InChI=1S/C12H14IN3/c1-3-8-11(15-16(2)12(8)14)9-6-4-5-7-10(9)13/h4-7H,3,14H2,1-2H3. The Morgan fingerprint density at radius 1 is 1.38 bits per heavy atom. The van der Waals surface area contributed by atoms with Gasteiger partial charge in [0.05, 0.1) is 5.69 Å². The van der Waals surface area contributed by atoms with Crippen LogP contribution < -0.4 is 5.73 Å². The third kappa shape index (κ3) is 1.81. The number of rotatable bonds is 2. The van der Waals surface area contributed by atoms with E-state index in [2.05, 4.69) is 46.7 Å². The lowest BCUT2D eigenvalue weighted by molar-refractivity contribution is 0.781. The third-order valence-electron chi connectivity index (χ3n) is 2.68. The molecule has 4 heteroatoms. The maximum atomic E-state index is 6.00. The first kappa shape index (κ1) is 11.4. The van der Waals surface area contributed by atoms with E-state index in [1.54, 1.807) is 4.68 Å². The summed E-state index contributed by atoms with van der Waals surface area (Å²) in [6.45, 7) is 2.10. The maximum absolute atomic E-state index is 6.00. The second-order valence-electron chi connectivity index (χ2n) is 3.67. The third-order valence-corrected chi connectivity index (χ3v) is 3.62. The largest absolute Gasteiger partial charge is 0.384 e. The summed E-state index contributed by atoms with van der Waals surface area (Å²) in [6.07, 6.45) is 0.903. The highest BCUT2D eigenvalue weighted by atomic mass is 127. The molecule has 2 rings (SSSR count). The summed E-state index contributed by atoms with van der Waals surface area (Å²) in [5.41, 5.74) is 9.30. The van der Waals surface area contributed by atoms with Crippen molar-refractivity contribution in [1.29, 1.82) is 0 Å². The van der Waals surface area contributed by atoms with Crippen molar-refractivity contribution in [3.8, 4) is 11.3 Å². The number of hydrogen-bond donors (Lipinski definition) is 1. The Morgan fingerprint density at radius 3 is 2.69 bits per heavy atom. The van der Waals surface area contributed by atoms with Crippen LogP contribution >= 0.6 is 22.6 Å². The van der Waals surface area contributed by atoms with Crippen LogP contribution in [-0.2, 0) is 13.5 Å². The summed E-state index contributed by atoms with van der Waals surface area (Å²) < 4.78 is 2.95. The molecule has 0 saturated carbocycles. The molecule has 16 heavy (non-hydrogen) atoms. The molecular formula is C12H14IN3. The predicted molar refractivity (Wildman–Crippen MR) is 75.2 cm³/mol. The fraction of sp³-hybridized carbons (Fsp3) is 0.250. The SMILES string of the molecule is CCc1c(-c2ccccc2I)nn(C)c1N. The molecule has 1 heterocycles. The van der Waals surface area contributed by atoms with Crippen molar-refractivity contribution >= 4 is 28.4 Å². The van der Waals surface area contributed by atoms with Gasteiger partial charge in [0.15, 0.2) is 0 Å². The minimum atomic E-state index is 0.761. The summed E-state index contributed by atoms with van der Waals surface area (Å²) >= 11 is 2.33. The minimum absolute atomic E-state index is 0.761. The van der Waals surface area contributed by atoms with E-state index in [0.717, 1.165) is 29.1 Å². The lowest BCUT2D eigenvalue weighted by Gasteiger charge is -2.03. The van der Waals surface area contributed by atoms with Crippen molar-refractivity contribution in [2.45, 2.75) is 13.3 Å². The average Bonchev–Trinajstić information content (AvgIpc) is 2.56. The molecule has 0 aliphatic heterocycles. The number of aryl methyl sites for hydroxylation is 1. The van der Waals surface area contributed by atoms with E-state index in [4.69, 9.17) is 5.73 Å². The van der Waals surface area contributed by atoms with Gasteiger partial charge in [-0.3, -0.25) is 4.68 Å². The van der Waals surface area contributed by atoms with Crippen molar-refractivity contribution in [3.05, 3.63) is 33.4 Å². The number of hydrogen-bond acceptors (Lipinski definition) is 2. The first-order valence-corrected chi connectivity index (χ1v) is 6.29. The molecule has 0 aliphatic rings. The van der Waals surface area contributed by atoms with Gasteiger partial charge in [-0.25, -0.2) is 0 Å². The molecule has 1 aromatic heterocycles. The number of nitrogen functional groups attached to an aromatic ring is 1. The molecule has 0 bridgehead atoms. The molecule has 2 N–H and O–H groups in total. The molecule has 0 fully saturated rings. The number of halogens is 1. The first-order valence-electron chi connectivity index (χ1n) is 5.21. The van der Waals surface area contributed by atoms with E-state index >= 15 is 0 Å². The Labute approximate surface area is 109 Å². The van der Waals surface area contributed by atoms with Crippen molar-refractivity contribution in [3.63, 3.8) is 0 Å². The Morgan fingerprint density at radius 2 is 2.06 bits per heavy atom. The van der Waals surface area contributed by atoms with Gasteiger partial charge in [0, 0.05) is 21.7 Å². The Balaban J connectivity index is 2.65. The van der Waals surface area contributed by atoms with E-state index < -0.39 is 0 Å². The summed E-state index contributed by atoms with van der Waals surface area (Å²) in [5, 5.41) is 4.50. The molecule has 1 aromatic carbocycles. The Hall–Kier alpha value is -1.04. The molecule has 0 amide bonds. The topological polar surface area (TPSA) is 43.8 Å². The molecule has 0 aliphatic carbocycles. The maximum Gasteiger partial charge on any atom is 0.125 e. The Kier molecular flexibility index (Phi) is 3.18. The van der Waals surface area contributed by atoms with Gasteiger partial charge in [-0.1, -0.05) is 25.1 Å². The van der Waals surface area contributed by atoms with Gasteiger partial charge in [-0.15, -0.1) is 0 Å². The van der Waals surface area contributed by atoms with Crippen molar-refractivity contribution in [2.75, 3.05) is 5.73 Å². The van der Waals surface area contributed by atoms with Crippen LogP contribution in [0.3, 0.4) is 0 Å². The van der Waals surface area contributed by atoms with E-state index in [0.29, 0.717) is 0 Å². The van der Waals surface area contributed by atoms with E-state index in [1.165, 1.54) is 3.57 Å². The molecule has 0 unspecified atom stereocenters. The van der Waals surface area contributed by atoms with Crippen LogP contribution in [-0.4, -0.2) is 9.78 Å². The van der Waals surface area contributed by atoms with Gasteiger partial charge >= 0.3 is 0 Å². The average molecular weight is 327 g/mol. The smallest absolute Gasteiger partial charge is 0.125 e. The van der Waals surface area contributed by atoms with Gasteiger partial charge in [0.2, 0.25) is 0 Å². The summed E-state index contributed by atoms with van der Waals surface area (Å²) in [6, 6.07) is 8.23. The number of benzene rings is 1. The highest BCUT2D eigenvalue weighted by Gasteiger charge is 2.15. The molecule has 0 atom stereocenters. The fourth-order valence-corrected chi connectivity index (χ4v) is 2.44. The van der Waals surface area contributed by atoms with Gasteiger partial charge in [0.25, 0.3) is 0 Å². The number of aromatic nitrogens is 2. The van der Waals surface area contributed by atoms with Crippen LogP contribution in [0.25, 0.3) is 11.3 Å². The predicted octanol–water partition coefficient (Wildman–Crippen LogP) is 2.84. The van der Waals surface area contributed by atoms with Crippen molar-refractivity contribution in [2.24, 2.45) is 7.05 Å².